The van der Waals surface area contributed by atoms with Crippen LogP contribution in [0.25, 0.3) is 0 Å². The topological polar surface area (TPSA) is 62.7 Å². The SMILES string of the molecule is CCC(C)Oc1cc(C(=O)N2CC[C@@H](O)C2)ccn1. The Hall–Kier alpha value is -1.62. The van der Waals surface area contributed by atoms with Crippen LogP contribution in [0.3, 0.4) is 0 Å². The van der Waals surface area contributed by atoms with Crippen LogP contribution < -0.4 is 4.74 Å². The fourth-order valence-corrected chi connectivity index (χ4v) is 2.01. The fourth-order valence-electron chi connectivity index (χ4n) is 2.01. The van der Waals surface area contributed by atoms with Gasteiger partial charge in [0.2, 0.25) is 5.88 Å². The molecular formula is C14H20N2O3. The predicted molar refractivity (Wildman–Crippen MR) is 71.1 cm³/mol. The Morgan fingerprint density at radius 2 is 2.47 bits per heavy atom. The highest BCUT2D eigenvalue weighted by Gasteiger charge is 2.25. The molecule has 1 aromatic rings. The number of aromatic nitrogens is 1. The van der Waals surface area contributed by atoms with Crippen molar-refractivity contribution >= 4 is 5.91 Å². The maximum atomic E-state index is 12.2. The van der Waals surface area contributed by atoms with Crippen molar-refractivity contribution in [3.05, 3.63) is 23.9 Å². The molecule has 1 N–H and O–H groups in total. The molecule has 2 heterocycles. The molecule has 5 nitrogen and oxygen atoms in total. The normalized spacial score (nSPS) is 20.4. The number of aliphatic hydroxyl groups excluding tert-OH is 1. The second kappa shape index (κ2) is 6.02. The van der Waals surface area contributed by atoms with Gasteiger partial charge in [-0.1, -0.05) is 6.92 Å². The lowest BCUT2D eigenvalue weighted by atomic mass is 10.2. The molecule has 1 aromatic heterocycles. The van der Waals surface area contributed by atoms with Crippen LogP contribution in [-0.2, 0) is 0 Å². The van der Waals surface area contributed by atoms with E-state index < -0.39 is 6.10 Å². The van der Waals surface area contributed by atoms with Gasteiger partial charge in [0.25, 0.3) is 5.91 Å². The number of hydrogen-bond acceptors (Lipinski definition) is 4. The Morgan fingerprint density at radius 3 is 3.11 bits per heavy atom. The summed E-state index contributed by atoms with van der Waals surface area (Å²) in [5, 5.41) is 9.47. The van der Waals surface area contributed by atoms with Gasteiger partial charge in [0.15, 0.2) is 0 Å². The van der Waals surface area contributed by atoms with Gasteiger partial charge in [-0.25, -0.2) is 4.98 Å². The highest BCUT2D eigenvalue weighted by Crippen LogP contribution is 2.17. The molecule has 5 heteroatoms. The van der Waals surface area contributed by atoms with E-state index in [1.807, 2.05) is 13.8 Å². The summed E-state index contributed by atoms with van der Waals surface area (Å²) in [5.74, 6) is 0.396. The molecule has 2 atom stereocenters. The number of amides is 1. The van der Waals surface area contributed by atoms with E-state index in [4.69, 9.17) is 4.74 Å². The number of pyridine rings is 1. The van der Waals surface area contributed by atoms with Gasteiger partial charge in [-0.15, -0.1) is 0 Å². The van der Waals surface area contributed by atoms with Crippen molar-refractivity contribution in [1.29, 1.82) is 0 Å². The van der Waals surface area contributed by atoms with Crippen molar-refractivity contribution in [3.8, 4) is 5.88 Å². The van der Waals surface area contributed by atoms with Crippen molar-refractivity contribution in [2.75, 3.05) is 13.1 Å². The van der Waals surface area contributed by atoms with Gasteiger partial charge < -0.3 is 14.7 Å². The van der Waals surface area contributed by atoms with Crippen molar-refractivity contribution in [3.63, 3.8) is 0 Å². The van der Waals surface area contributed by atoms with Crippen LogP contribution in [0.2, 0.25) is 0 Å². The van der Waals surface area contributed by atoms with Gasteiger partial charge in [0.1, 0.15) is 0 Å². The molecule has 1 saturated heterocycles. The van der Waals surface area contributed by atoms with E-state index in [-0.39, 0.29) is 12.0 Å². The molecule has 104 valence electrons. The Bertz CT molecular complexity index is 450. The number of β-amino-alcohol motifs (C(OH)–C–C–N with tert-alkyl or cyclic N) is 1. The first-order chi connectivity index (χ1) is 9.10. The standard InChI is InChI=1S/C14H20N2O3/c1-3-10(2)19-13-8-11(4-6-15-13)14(18)16-7-5-12(17)9-16/h4,6,8,10,12,17H,3,5,7,9H2,1-2H3/t10?,12-/m1/s1. The number of carbonyl (C=O) groups is 1. The number of ether oxygens (including phenoxy) is 1. The molecule has 0 bridgehead atoms. The maximum Gasteiger partial charge on any atom is 0.254 e. The first-order valence-electron chi connectivity index (χ1n) is 6.70. The van der Waals surface area contributed by atoms with E-state index in [2.05, 4.69) is 4.98 Å². The average molecular weight is 264 g/mol. The molecule has 0 saturated carbocycles. The van der Waals surface area contributed by atoms with Crippen molar-refractivity contribution in [1.82, 2.24) is 9.88 Å². The average Bonchev–Trinajstić information content (AvgIpc) is 2.84. The first-order valence-corrected chi connectivity index (χ1v) is 6.70. The van der Waals surface area contributed by atoms with E-state index in [9.17, 15) is 9.90 Å². The number of hydrogen-bond donors (Lipinski definition) is 1. The highest BCUT2D eigenvalue weighted by molar-refractivity contribution is 5.94. The van der Waals surface area contributed by atoms with E-state index in [0.29, 0.717) is 31.0 Å². The molecule has 0 aromatic carbocycles. The van der Waals surface area contributed by atoms with Gasteiger partial charge in [0.05, 0.1) is 12.2 Å². The zero-order valence-electron chi connectivity index (χ0n) is 11.4. The summed E-state index contributed by atoms with van der Waals surface area (Å²) in [6.07, 6.45) is 2.79. The summed E-state index contributed by atoms with van der Waals surface area (Å²) in [5.41, 5.74) is 0.558. The van der Waals surface area contributed by atoms with Crippen LogP contribution in [0, 0.1) is 0 Å². The van der Waals surface area contributed by atoms with Crippen LogP contribution in [0.4, 0.5) is 0 Å². The Labute approximate surface area is 113 Å². The third kappa shape index (κ3) is 3.44. The Morgan fingerprint density at radius 1 is 1.68 bits per heavy atom. The number of likely N-dealkylation sites (tertiary alicyclic amines) is 1. The molecule has 2 rings (SSSR count). The second-order valence-corrected chi connectivity index (χ2v) is 4.91. The van der Waals surface area contributed by atoms with E-state index in [0.717, 1.165) is 6.42 Å². The van der Waals surface area contributed by atoms with Gasteiger partial charge >= 0.3 is 0 Å². The zero-order valence-corrected chi connectivity index (χ0v) is 11.4. The molecule has 1 fully saturated rings. The van der Waals surface area contributed by atoms with Crippen molar-refractivity contribution in [2.24, 2.45) is 0 Å². The summed E-state index contributed by atoms with van der Waals surface area (Å²) >= 11 is 0. The van der Waals surface area contributed by atoms with Gasteiger partial charge in [0, 0.05) is 30.9 Å². The van der Waals surface area contributed by atoms with Gasteiger partial charge in [-0.2, -0.15) is 0 Å². The molecule has 19 heavy (non-hydrogen) atoms. The van der Waals surface area contributed by atoms with E-state index >= 15 is 0 Å². The van der Waals surface area contributed by atoms with Crippen LogP contribution in [0.5, 0.6) is 5.88 Å². The quantitative estimate of drug-likeness (QED) is 0.894. The summed E-state index contributed by atoms with van der Waals surface area (Å²) < 4.78 is 5.61. The van der Waals surface area contributed by atoms with Crippen molar-refractivity contribution in [2.45, 2.75) is 38.9 Å². The Balaban J connectivity index is 2.07. The molecule has 0 aliphatic carbocycles. The summed E-state index contributed by atoms with van der Waals surface area (Å²) in [6.45, 7) is 5.00. The fraction of sp³-hybridized carbons (Fsp3) is 0.571. The van der Waals surface area contributed by atoms with Crippen LogP contribution in [0.15, 0.2) is 18.3 Å². The smallest absolute Gasteiger partial charge is 0.254 e. The number of rotatable bonds is 4. The summed E-state index contributed by atoms with van der Waals surface area (Å²) in [4.78, 5) is 18.0. The number of aliphatic hydroxyl groups is 1. The Kier molecular flexibility index (Phi) is 4.37. The lowest BCUT2D eigenvalue weighted by Crippen LogP contribution is -2.29. The number of carbonyl (C=O) groups excluding carboxylic acids is 1. The molecule has 1 aliphatic rings. The minimum Gasteiger partial charge on any atom is -0.475 e. The zero-order chi connectivity index (χ0) is 13.8. The molecule has 1 aliphatic heterocycles. The highest BCUT2D eigenvalue weighted by atomic mass is 16.5. The predicted octanol–water partition coefficient (Wildman–Crippen LogP) is 1.47. The molecule has 1 unspecified atom stereocenters. The maximum absolute atomic E-state index is 12.2. The lowest BCUT2D eigenvalue weighted by molar-refractivity contribution is 0.0764. The van der Waals surface area contributed by atoms with Crippen LogP contribution in [0.1, 0.15) is 37.0 Å². The first kappa shape index (κ1) is 13.8. The molecule has 0 spiro atoms. The molecule has 0 radical (unpaired) electrons. The summed E-state index contributed by atoms with van der Waals surface area (Å²) in [7, 11) is 0. The number of nitrogens with zero attached hydrogens (tertiary/aromatic N) is 2. The molecule has 1 amide bonds. The monoisotopic (exact) mass is 264 g/mol. The van der Waals surface area contributed by atoms with E-state index in [1.165, 1.54) is 0 Å². The minimum atomic E-state index is -0.401. The van der Waals surface area contributed by atoms with E-state index in [1.54, 1.807) is 23.2 Å². The van der Waals surface area contributed by atoms with Gasteiger partial charge in [-0.05, 0) is 25.8 Å². The third-order valence-electron chi connectivity index (χ3n) is 3.33. The summed E-state index contributed by atoms with van der Waals surface area (Å²) in [6, 6.07) is 3.34. The van der Waals surface area contributed by atoms with Crippen molar-refractivity contribution < 1.29 is 14.6 Å². The lowest BCUT2D eigenvalue weighted by Gasteiger charge is -2.16. The largest absolute Gasteiger partial charge is 0.475 e. The van der Waals surface area contributed by atoms with Crippen LogP contribution >= 0.6 is 0 Å². The minimum absolute atomic E-state index is 0.0754. The van der Waals surface area contributed by atoms with Crippen LogP contribution in [-0.4, -0.2) is 46.2 Å². The molecular weight excluding hydrogens is 244 g/mol. The second-order valence-electron chi connectivity index (χ2n) is 4.91. The third-order valence-corrected chi connectivity index (χ3v) is 3.33. The van der Waals surface area contributed by atoms with Gasteiger partial charge in [-0.3, -0.25) is 4.79 Å².